The largest absolute Gasteiger partial charge is 0.299 e. The zero-order chi connectivity index (χ0) is 12.4. The van der Waals surface area contributed by atoms with Crippen molar-refractivity contribution in [1.29, 1.82) is 0 Å². The standard InChI is InChI=1S/C15H21ClN2/c16-14-4-2-13(3-5-14)12-17-8-1-9-18(11-10-17)15-6-7-15/h2-5,15H,1,6-12H2. The van der Waals surface area contributed by atoms with Gasteiger partial charge < -0.3 is 0 Å². The van der Waals surface area contributed by atoms with Crippen molar-refractivity contribution in [3.63, 3.8) is 0 Å². The lowest BCUT2D eigenvalue weighted by atomic mass is 10.2. The van der Waals surface area contributed by atoms with Gasteiger partial charge in [-0.25, -0.2) is 0 Å². The first-order chi connectivity index (χ1) is 8.81. The number of hydrogen-bond acceptors (Lipinski definition) is 2. The Hall–Kier alpha value is -0.570. The zero-order valence-corrected chi connectivity index (χ0v) is 11.6. The summed E-state index contributed by atoms with van der Waals surface area (Å²) in [4.78, 5) is 5.26. The van der Waals surface area contributed by atoms with Gasteiger partial charge in [0.1, 0.15) is 0 Å². The molecule has 0 bridgehead atoms. The van der Waals surface area contributed by atoms with Crippen molar-refractivity contribution in [3.8, 4) is 0 Å². The summed E-state index contributed by atoms with van der Waals surface area (Å²) in [6, 6.07) is 9.19. The number of rotatable bonds is 3. The molecule has 0 radical (unpaired) electrons. The van der Waals surface area contributed by atoms with E-state index in [4.69, 9.17) is 11.6 Å². The molecule has 2 nitrogen and oxygen atoms in total. The van der Waals surface area contributed by atoms with Gasteiger partial charge in [0.2, 0.25) is 0 Å². The Morgan fingerprint density at radius 2 is 1.78 bits per heavy atom. The van der Waals surface area contributed by atoms with E-state index in [0.29, 0.717) is 0 Å². The van der Waals surface area contributed by atoms with Gasteiger partial charge in [0.05, 0.1) is 0 Å². The minimum Gasteiger partial charge on any atom is -0.299 e. The summed E-state index contributed by atoms with van der Waals surface area (Å²) in [5.41, 5.74) is 1.37. The van der Waals surface area contributed by atoms with Crippen LogP contribution < -0.4 is 0 Å². The number of hydrogen-bond donors (Lipinski definition) is 0. The molecule has 18 heavy (non-hydrogen) atoms. The molecule has 0 spiro atoms. The molecule has 2 fully saturated rings. The average molecular weight is 265 g/mol. The highest BCUT2D eigenvalue weighted by Gasteiger charge is 2.29. The SMILES string of the molecule is Clc1ccc(CN2CCCN(C3CC3)CC2)cc1. The van der Waals surface area contributed by atoms with Crippen LogP contribution in [-0.4, -0.2) is 42.0 Å². The number of benzene rings is 1. The van der Waals surface area contributed by atoms with Crippen molar-refractivity contribution in [2.24, 2.45) is 0 Å². The van der Waals surface area contributed by atoms with Crippen molar-refractivity contribution in [2.75, 3.05) is 26.2 Å². The lowest BCUT2D eigenvalue weighted by Gasteiger charge is -2.21. The summed E-state index contributed by atoms with van der Waals surface area (Å²) in [5, 5.41) is 0.828. The van der Waals surface area contributed by atoms with Crippen LogP contribution >= 0.6 is 11.6 Å². The van der Waals surface area contributed by atoms with Crippen molar-refractivity contribution >= 4 is 11.6 Å². The van der Waals surface area contributed by atoms with E-state index in [1.807, 2.05) is 12.1 Å². The van der Waals surface area contributed by atoms with E-state index in [9.17, 15) is 0 Å². The number of nitrogens with zero attached hydrogens (tertiary/aromatic N) is 2. The summed E-state index contributed by atoms with van der Waals surface area (Å²) in [6.45, 7) is 6.04. The second kappa shape index (κ2) is 5.60. The lowest BCUT2D eigenvalue weighted by molar-refractivity contribution is 0.246. The summed E-state index contributed by atoms with van der Waals surface area (Å²) >= 11 is 5.92. The maximum atomic E-state index is 5.92. The monoisotopic (exact) mass is 264 g/mol. The van der Waals surface area contributed by atoms with Gasteiger partial charge >= 0.3 is 0 Å². The van der Waals surface area contributed by atoms with Crippen molar-refractivity contribution in [3.05, 3.63) is 34.9 Å². The second-order valence-electron chi connectivity index (χ2n) is 5.52. The smallest absolute Gasteiger partial charge is 0.0406 e. The molecule has 1 aliphatic carbocycles. The Bertz CT molecular complexity index is 386. The Kier molecular flexibility index (Phi) is 3.88. The second-order valence-corrected chi connectivity index (χ2v) is 5.96. The van der Waals surface area contributed by atoms with Gasteiger partial charge in [0, 0.05) is 30.7 Å². The van der Waals surface area contributed by atoms with Gasteiger partial charge in [-0.3, -0.25) is 9.80 Å². The molecule has 3 heteroatoms. The molecular formula is C15H21ClN2. The van der Waals surface area contributed by atoms with Crippen LogP contribution in [0.3, 0.4) is 0 Å². The Balaban J connectivity index is 1.54. The van der Waals surface area contributed by atoms with E-state index < -0.39 is 0 Å². The van der Waals surface area contributed by atoms with E-state index in [1.165, 1.54) is 51.0 Å². The summed E-state index contributed by atoms with van der Waals surface area (Å²) in [6.07, 6.45) is 4.17. The molecule has 98 valence electrons. The first kappa shape index (κ1) is 12.5. The van der Waals surface area contributed by atoms with Crippen LogP contribution in [0.4, 0.5) is 0 Å². The third-order valence-electron chi connectivity index (χ3n) is 4.01. The predicted octanol–water partition coefficient (Wildman–Crippen LogP) is 3.01. The zero-order valence-electron chi connectivity index (χ0n) is 10.8. The van der Waals surface area contributed by atoms with Crippen LogP contribution in [0, 0.1) is 0 Å². The molecule has 0 unspecified atom stereocenters. The molecule has 0 N–H and O–H groups in total. The molecule has 1 aromatic carbocycles. The molecule has 1 saturated heterocycles. The molecule has 0 aromatic heterocycles. The predicted molar refractivity (Wildman–Crippen MR) is 75.9 cm³/mol. The molecule has 2 aliphatic rings. The minimum absolute atomic E-state index is 0.828. The molecule has 0 amide bonds. The first-order valence-corrected chi connectivity index (χ1v) is 7.40. The third kappa shape index (κ3) is 3.25. The van der Waals surface area contributed by atoms with Gasteiger partial charge in [-0.2, -0.15) is 0 Å². The quantitative estimate of drug-likeness (QED) is 0.828. The maximum absolute atomic E-state index is 5.92. The molecule has 3 rings (SSSR count). The van der Waals surface area contributed by atoms with Crippen molar-refractivity contribution in [2.45, 2.75) is 31.8 Å². The van der Waals surface area contributed by atoms with Crippen LogP contribution in [0.1, 0.15) is 24.8 Å². The van der Waals surface area contributed by atoms with E-state index >= 15 is 0 Å². The third-order valence-corrected chi connectivity index (χ3v) is 4.26. The van der Waals surface area contributed by atoms with Crippen LogP contribution in [0.5, 0.6) is 0 Å². The molecule has 1 saturated carbocycles. The normalized spacial score (nSPS) is 22.9. The van der Waals surface area contributed by atoms with Gasteiger partial charge in [0.15, 0.2) is 0 Å². The topological polar surface area (TPSA) is 6.48 Å². The fourth-order valence-electron chi connectivity index (χ4n) is 2.80. The molecular weight excluding hydrogens is 244 g/mol. The highest BCUT2D eigenvalue weighted by Crippen LogP contribution is 2.27. The van der Waals surface area contributed by atoms with E-state index in [2.05, 4.69) is 21.9 Å². The van der Waals surface area contributed by atoms with Gasteiger partial charge in [0.25, 0.3) is 0 Å². The Morgan fingerprint density at radius 3 is 2.50 bits per heavy atom. The van der Waals surface area contributed by atoms with Crippen LogP contribution in [0.2, 0.25) is 5.02 Å². The lowest BCUT2D eigenvalue weighted by Crippen LogP contribution is -2.31. The maximum Gasteiger partial charge on any atom is 0.0406 e. The van der Waals surface area contributed by atoms with E-state index in [1.54, 1.807) is 0 Å². The summed E-state index contributed by atoms with van der Waals surface area (Å²) in [7, 11) is 0. The molecule has 1 aliphatic heterocycles. The fraction of sp³-hybridized carbons (Fsp3) is 0.600. The summed E-state index contributed by atoms with van der Waals surface area (Å²) in [5.74, 6) is 0. The Labute approximate surface area is 115 Å². The number of halogens is 1. The first-order valence-electron chi connectivity index (χ1n) is 7.02. The van der Waals surface area contributed by atoms with Crippen LogP contribution in [0.25, 0.3) is 0 Å². The van der Waals surface area contributed by atoms with Crippen LogP contribution in [0.15, 0.2) is 24.3 Å². The fourth-order valence-corrected chi connectivity index (χ4v) is 2.93. The van der Waals surface area contributed by atoms with Crippen molar-refractivity contribution < 1.29 is 0 Å². The highest BCUT2D eigenvalue weighted by atomic mass is 35.5. The highest BCUT2D eigenvalue weighted by molar-refractivity contribution is 6.30. The molecule has 1 aromatic rings. The molecule has 0 atom stereocenters. The molecule has 1 heterocycles. The minimum atomic E-state index is 0.828. The van der Waals surface area contributed by atoms with Gasteiger partial charge in [-0.15, -0.1) is 0 Å². The van der Waals surface area contributed by atoms with E-state index in [-0.39, 0.29) is 0 Å². The van der Waals surface area contributed by atoms with Crippen LogP contribution in [-0.2, 0) is 6.54 Å². The van der Waals surface area contributed by atoms with Crippen molar-refractivity contribution in [1.82, 2.24) is 9.80 Å². The van der Waals surface area contributed by atoms with Gasteiger partial charge in [-0.05, 0) is 50.0 Å². The van der Waals surface area contributed by atoms with Gasteiger partial charge in [-0.1, -0.05) is 23.7 Å². The average Bonchev–Trinajstić information content (AvgIpc) is 3.18. The summed E-state index contributed by atoms with van der Waals surface area (Å²) < 4.78 is 0. The Morgan fingerprint density at radius 1 is 1.00 bits per heavy atom. The van der Waals surface area contributed by atoms with E-state index in [0.717, 1.165) is 17.6 Å².